The number of rotatable bonds is 21. The van der Waals surface area contributed by atoms with Gasteiger partial charge >= 0.3 is 5.97 Å². The standard InChI is InChI=1S/C39H71N3O12S/c1-14-22(4)50-36(46)25(7)33(53-30-18-39(10,49-13)34(45)26(8)51-30)24(6)35(38(9,47)17-21(3)31(41-48)23(5)29(43)15-2)54-37-32(44)28(42(11)12)16-27(52-37)19-55-20-40/h21-30,32-35,37,43-45,47-48H,14-19H2,1-13H3/b41-31+/t21-,22?,23-,24+,25-,26?,27?,28?,29+,30?,32?,33+,34?,35-,37?,38-,39?/m1/s1. The van der Waals surface area contributed by atoms with Crippen LogP contribution < -0.4 is 0 Å². The van der Waals surface area contributed by atoms with E-state index in [2.05, 4.69) is 10.6 Å². The molecule has 2 rings (SSSR count). The lowest BCUT2D eigenvalue weighted by molar-refractivity contribution is -0.317. The van der Waals surface area contributed by atoms with Crippen molar-refractivity contribution >= 4 is 23.4 Å². The van der Waals surface area contributed by atoms with E-state index in [0.29, 0.717) is 25.0 Å². The summed E-state index contributed by atoms with van der Waals surface area (Å²) < 4.78 is 37.4. The molecule has 0 aromatic rings. The zero-order valence-corrected chi connectivity index (χ0v) is 36.1. The van der Waals surface area contributed by atoms with Crippen LogP contribution in [0.15, 0.2) is 5.16 Å². The Hall–Kier alpha value is -1.62. The van der Waals surface area contributed by atoms with E-state index in [1.165, 1.54) is 7.11 Å². The molecule has 0 spiro atoms. The fraction of sp³-hybridized carbons (Fsp3) is 0.923. The minimum absolute atomic E-state index is 0.0286. The van der Waals surface area contributed by atoms with Gasteiger partial charge < -0.3 is 59.0 Å². The quantitative estimate of drug-likeness (QED) is 0.0366. The Labute approximate surface area is 333 Å². The van der Waals surface area contributed by atoms with Gasteiger partial charge in [-0.3, -0.25) is 4.79 Å². The number of carbonyl (C=O) groups excluding carboxylic acids is 1. The lowest BCUT2D eigenvalue weighted by Crippen LogP contribution is -2.61. The van der Waals surface area contributed by atoms with Gasteiger partial charge in [0.2, 0.25) is 0 Å². The highest BCUT2D eigenvalue weighted by atomic mass is 32.2. The van der Waals surface area contributed by atoms with Crippen molar-refractivity contribution in [3.63, 3.8) is 0 Å². The van der Waals surface area contributed by atoms with Gasteiger partial charge in [0.05, 0.1) is 59.5 Å². The maximum Gasteiger partial charge on any atom is 0.311 e. The topological polar surface area (TPSA) is 213 Å². The molecule has 2 saturated heterocycles. The number of nitriles is 1. The first-order valence-corrected chi connectivity index (χ1v) is 20.6. The number of thioether (sulfide) groups is 1. The number of carbonyl (C=O) groups is 1. The van der Waals surface area contributed by atoms with Crippen molar-refractivity contribution < 1.29 is 58.8 Å². The van der Waals surface area contributed by atoms with E-state index in [1.54, 1.807) is 55.4 Å². The molecule has 2 aliphatic rings. The van der Waals surface area contributed by atoms with Crippen LogP contribution in [0.4, 0.5) is 0 Å². The van der Waals surface area contributed by atoms with Crippen molar-refractivity contribution in [3.8, 4) is 5.40 Å². The third-order valence-corrected chi connectivity index (χ3v) is 12.4. The number of esters is 1. The van der Waals surface area contributed by atoms with Crippen molar-refractivity contribution in [2.24, 2.45) is 28.8 Å². The number of oxime groups is 1. The molecule has 15 nitrogen and oxygen atoms in total. The molecule has 2 heterocycles. The van der Waals surface area contributed by atoms with Gasteiger partial charge in [0.1, 0.15) is 17.6 Å². The van der Waals surface area contributed by atoms with Crippen LogP contribution in [0.2, 0.25) is 0 Å². The Bertz CT molecular complexity index is 1250. The van der Waals surface area contributed by atoms with Crippen molar-refractivity contribution in [1.82, 2.24) is 4.90 Å². The van der Waals surface area contributed by atoms with Crippen LogP contribution in [0, 0.1) is 34.3 Å². The predicted octanol–water partition coefficient (Wildman–Crippen LogP) is 3.91. The number of aliphatic hydroxyl groups excluding tert-OH is 3. The monoisotopic (exact) mass is 805 g/mol. The number of nitrogens with zero attached hydrogens (tertiary/aromatic N) is 3. The molecule has 17 atom stereocenters. The zero-order chi connectivity index (χ0) is 42.0. The molecule has 9 unspecified atom stereocenters. The molecule has 0 amide bonds. The number of ether oxygens (including phenoxy) is 6. The van der Waals surface area contributed by atoms with E-state index in [4.69, 9.17) is 28.4 Å². The Morgan fingerprint density at radius 3 is 2.27 bits per heavy atom. The minimum atomic E-state index is -1.77. The van der Waals surface area contributed by atoms with Crippen LogP contribution >= 0.6 is 11.8 Å². The molecular formula is C39H71N3O12S. The fourth-order valence-electron chi connectivity index (χ4n) is 7.96. The van der Waals surface area contributed by atoms with Gasteiger partial charge in [0, 0.05) is 43.1 Å². The summed E-state index contributed by atoms with van der Waals surface area (Å²) in [5, 5.41) is 70.9. The van der Waals surface area contributed by atoms with Crippen LogP contribution in [-0.4, -0.2) is 148 Å². The number of likely N-dealkylation sites (N-methyl/N-ethyl adjacent to an activating group) is 1. The Kier molecular flexibility index (Phi) is 19.8. The number of hydrogen-bond donors (Lipinski definition) is 5. The Morgan fingerprint density at radius 1 is 1.11 bits per heavy atom. The maximum absolute atomic E-state index is 13.8. The number of methoxy groups -OCH3 is 1. The largest absolute Gasteiger partial charge is 0.462 e. The van der Waals surface area contributed by atoms with E-state index >= 15 is 0 Å². The molecule has 5 N–H and O–H groups in total. The van der Waals surface area contributed by atoms with E-state index in [-0.39, 0.29) is 24.7 Å². The predicted molar refractivity (Wildman–Crippen MR) is 208 cm³/mol. The SMILES string of the molecule is CCC(C)OC(=O)[C@H](C)[C@@H](OC1CC(C)(OC)C(O)C(C)O1)[C@H](C)[C@@H](OC1OC(CSC#N)CC(N(C)C)C1O)[C@](C)(O)C[C@@H](C)/C(=N\O)[C@H](C)[C@@H](O)CC. The third-order valence-electron chi connectivity index (χ3n) is 11.7. The van der Waals surface area contributed by atoms with Gasteiger partial charge in [-0.1, -0.05) is 39.8 Å². The average Bonchev–Trinajstić information content (AvgIpc) is 3.13. The summed E-state index contributed by atoms with van der Waals surface area (Å²) in [6, 6.07) is -0.417. The second-order valence-electron chi connectivity index (χ2n) is 16.4. The highest BCUT2D eigenvalue weighted by molar-refractivity contribution is 8.03. The Balaban J connectivity index is 2.72. The first-order valence-electron chi connectivity index (χ1n) is 19.7. The lowest BCUT2D eigenvalue weighted by Gasteiger charge is -2.49. The molecule has 2 fully saturated rings. The van der Waals surface area contributed by atoms with E-state index in [0.717, 1.165) is 11.8 Å². The molecule has 0 aromatic carbocycles. The smallest absolute Gasteiger partial charge is 0.311 e. The van der Waals surface area contributed by atoms with Gasteiger partial charge in [-0.2, -0.15) is 5.26 Å². The normalized spacial score (nSPS) is 33.3. The lowest BCUT2D eigenvalue weighted by atomic mass is 9.75. The van der Waals surface area contributed by atoms with Gasteiger partial charge in [-0.25, -0.2) is 0 Å². The third kappa shape index (κ3) is 12.9. The molecule has 2 aliphatic heterocycles. The first-order chi connectivity index (χ1) is 25.6. The Morgan fingerprint density at radius 2 is 1.75 bits per heavy atom. The van der Waals surface area contributed by atoms with Crippen molar-refractivity contribution in [3.05, 3.63) is 0 Å². The minimum Gasteiger partial charge on any atom is -0.462 e. The summed E-state index contributed by atoms with van der Waals surface area (Å²) >= 11 is 1.03. The second-order valence-corrected chi connectivity index (χ2v) is 17.2. The highest BCUT2D eigenvalue weighted by Crippen LogP contribution is 2.40. The zero-order valence-electron chi connectivity index (χ0n) is 35.2. The molecule has 0 bridgehead atoms. The maximum atomic E-state index is 13.8. The summed E-state index contributed by atoms with van der Waals surface area (Å²) in [4.78, 5) is 15.6. The molecule has 0 aromatic heterocycles. The van der Waals surface area contributed by atoms with E-state index < -0.39 is 102 Å². The van der Waals surface area contributed by atoms with Gasteiger partial charge in [-0.05, 0) is 86.2 Å². The van der Waals surface area contributed by atoms with Crippen molar-refractivity contribution in [2.45, 2.75) is 180 Å². The molecule has 0 saturated carbocycles. The molecular weight excluding hydrogens is 735 g/mol. The van der Waals surface area contributed by atoms with E-state index in [1.807, 2.05) is 32.8 Å². The molecule has 0 radical (unpaired) electrons. The summed E-state index contributed by atoms with van der Waals surface area (Å²) in [5.74, 6) is -3.08. The summed E-state index contributed by atoms with van der Waals surface area (Å²) in [6.07, 6.45) is -7.40. The van der Waals surface area contributed by atoms with Crippen molar-refractivity contribution in [2.75, 3.05) is 27.0 Å². The van der Waals surface area contributed by atoms with Crippen molar-refractivity contribution in [1.29, 1.82) is 5.26 Å². The summed E-state index contributed by atoms with van der Waals surface area (Å²) in [6.45, 7) is 17.5. The van der Waals surface area contributed by atoms with Gasteiger partial charge in [0.25, 0.3) is 0 Å². The van der Waals surface area contributed by atoms with Crippen LogP contribution in [0.3, 0.4) is 0 Å². The molecule has 16 heteroatoms. The number of hydrogen-bond acceptors (Lipinski definition) is 16. The van der Waals surface area contributed by atoms with E-state index in [9.17, 15) is 35.7 Å². The highest BCUT2D eigenvalue weighted by Gasteiger charge is 2.52. The van der Waals surface area contributed by atoms with Crippen LogP contribution in [0.5, 0.6) is 0 Å². The first kappa shape index (κ1) is 49.5. The number of aliphatic hydroxyl groups is 4. The van der Waals surface area contributed by atoms with Crippen LogP contribution in [0.1, 0.15) is 101 Å². The van der Waals surface area contributed by atoms with Crippen LogP contribution in [-0.2, 0) is 33.2 Å². The summed E-state index contributed by atoms with van der Waals surface area (Å²) in [7, 11) is 5.15. The average molecular weight is 806 g/mol. The molecule has 55 heavy (non-hydrogen) atoms. The van der Waals surface area contributed by atoms with Crippen LogP contribution in [0.25, 0.3) is 0 Å². The van der Waals surface area contributed by atoms with Gasteiger partial charge in [-0.15, -0.1) is 0 Å². The molecule has 320 valence electrons. The second kappa shape index (κ2) is 21.9. The summed E-state index contributed by atoms with van der Waals surface area (Å²) in [5.41, 5.74) is -2.52. The van der Waals surface area contributed by atoms with Gasteiger partial charge in [0.15, 0.2) is 12.6 Å². The fourth-order valence-corrected chi connectivity index (χ4v) is 8.43. The molecule has 0 aliphatic carbocycles. The number of thiocyanates is 1.